The zero-order valence-electron chi connectivity index (χ0n) is 9.17. The second-order valence-electron chi connectivity index (χ2n) is 3.61. The summed E-state index contributed by atoms with van der Waals surface area (Å²) in [6, 6.07) is 2.31. The minimum atomic E-state index is -4.70. The third-order valence-electron chi connectivity index (χ3n) is 2.30. The zero-order chi connectivity index (χ0) is 14.2. The highest BCUT2D eigenvalue weighted by molar-refractivity contribution is 14.1. The summed E-state index contributed by atoms with van der Waals surface area (Å²) in [5.41, 5.74) is 4.09. The fraction of sp³-hybridized carbons (Fsp3) is 0.0909. The summed E-state index contributed by atoms with van der Waals surface area (Å²) in [6.07, 6.45) is -3.39. The van der Waals surface area contributed by atoms with E-state index in [0.717, 1.165) is 12.1 Å². The predicted molar refractivity (Wildman–Crippen MR) is 69.6 cm³/mol. The second-order valence-corrected chi connectivity index (χ2v) is 4.78. The van der Waals surface area contributed by atoms with E-state index in [1.807, 2.05) is 22.6 Å². The van der Waals surface area contributed by atoms with Gasteiger partial charge in [-0.1, -0.05) is 0 Å². The molecule has 0 amide bonds. The molecule has 0 saturated carbocycles. The summed E-state index contributed by atoms with van der Waals surface area (Å²) in [5, 5.41) is 0. The molecule has 0 aliphatic rings. The molecule has 0 unspecified atom stereocenters. The van der Waals surface area contributed by atoms with E-state index in [1.54, 1.807) is 0 Å². The normalized spacial score (nSPS) is 11.6. The average molecular weight is 383 g/mol. The van der Waals surface area contributed by atoms with Crippen molar-refractivity contribution in [2.45, 2.75) is 6.18 Å². The van der Waals surface area contributed by atoms with Crippen molar-refractivity contribution in [3.05, 3.63) is 39.3 Å². The molecule has 2 aromatic rings. The smallest absolute Gasteiger partial charge is 0.383 e. The molecule has 8 heteroatoms. The van der Waals surface area contributed by atoms with Crippen molar-refractivity contribution in [3.63, 3.8) is 0 Å². The lowest BCUT2D eigenvalue weighted by Gasteiger charge is -2.12. The van der Waals surface area contributed by atoms with Crippen LogP contribution in [0.3, 0.4) is 0 Å². The highest BCUT2D eigenvalue weighted by Gasteiger charge is 2.35. The standard InChI is InChI=1S/C11H6F4IN3/c12-5-1-2-6(7(3-5)11(13,14)15)10-18-4-8(16)9(17)19-10/h1-4H,(H2,17,18,19). The molecule has 0 aliphatic carbocycles. The fourth-order valence-electron chi connectivity index (χ4n) is 1.46. The fourth-order valence-corrected chi connectivity index (χ4v) is 1.72. The topological polar surface area (TPSA) is 51.8 Å². The molecule has 0 saturated heterocycles. The van der Waals surface area contributed by atoms with Gasteiger partial charge in [-0.05, 0) is 40.8 Å². The van der Waals surface area contributed by atoms with E-state index < -0.39 is 17.6 Å². The number of anilines is 1. The number of nitrogen functional groups attached to an aromatic ring is 1. The molecule has 1 heterocycles. The largest absolute Gasteiger partial charge is 0.417 e. The van der Waals surface area contributed by atoms with Crippen molar-refractivity contribution in [3.8, 4) is 11.4 Å². The van der Waals surface area contributed by atoms with Crippen molar-refractivity contribution in [2.75, 3.05) is 5.73 Å². The molecule has 1 aromatic heterocycles. The van der Waals surface area contributed by atoms with Gasteiger partial charge in [-0.3, -0.25) is 0 Å². The van der Waals surface area contributed by atoms with Crippen molar-refractivity contribution in [2.24, 2.45) is 0 Å². The minimum Gasteiger partial charge on any atom is -0.383 e. The number of nitrogens with zero attached hydrogens (tertiary/aromatic N) is 2. The maximum Gasteiger partial charge on any atom is 0.417 e. The number of nitrogens with two attached hydrogens (primary N) is 1. The molecule has 1 aromatic carbocycles. The van der Waals surface area contributed by atoms with Gasteiger partial charge in [0.1, 0.15) is 11.6 Å². The number of benzene rings is 1. The summed E-state index contributed by atoms with van der Waals surface area (Å²) >= 11 is 1.86. The quantitative estimate of drug-likeness (QED) is 0.606. The van der Waals surface area contributed by atoms with Crippen LogP contribution in [0.4, 0.5) is 23.4 Å². The van der Waals surface area contributed by atoms with E-state index in [2.05, 4.69) is 9.97 Å². The molecule has 0 radical (unpaired) electrons. The van der Waals surface area contributed by atoms with Crippen LogP contribution in [-0.2, 0) is 6.18 Å². The lowest BCUT2D eigenvalue weighted by Crippen LogP contribution is -2.09. The molecular weight excluding hydrogens is 377 g/mol. The average Bonchev–Trinajstić information content (AvgIpc) is 2.32. The molecule has 2 N–H and O–H groups in total. The summed E-state index contributed by atoms with van der Waals surface area (Å²) in [6.45, 7) is 0. The third-order valence-corrected chi connectivity index (χ3v) is 3.13. The van der Waals surface area contributed by atoms with E-state index in [9.17, 15) is 17.6 Å². The van der Waals surface area contributed by atoms with Crippen LogP contribution in [0.1, 0.15) is 5.56 Å². The van der Waals surface area contributed by atoms with Crippen molar-refractivity contribution >= 4 is 28.4 Å². The Bertz CT molecular complexity index is 628. The van der Waals surface area contributed by atoms with E-state index in [-0.39, 0.29) is 17.2 Å². The van der Waals surface area contributed by atoms with Crippen LogP contribution < -0.4 is 5.73 Å². The number of alkyl halides is 3. The van der Waals surface area contributed by atoms with Gasteiger partial charge in [0.25, 0.3) is 0 Å². The van der Waals surface area contributed by atoms with Gasteiger partial charge in [0.15, 0.2) is 5.82 Å². The Labute approximate surface area is 119 Å². The highest BCUT2D eigenvalue weighted by Crippen LogP contribution is 2.36. The van der Waals surface area contributed by atoms with Crippen LogP contribution in [0.5, 0.6) is 0 Å². The number of hydrogen-bond acceptors (Lipinski definition) is 3. The first-order valence-electron chi connectivity index (χ1n) is 4.94. The van der Waals surface area contributed by atoms with Gasteiger partial charge >= 0.3 is 6.18 Å². The molecule has 0 bridgehead atoms. The summed E-state index contributed by atoms with van der Waals surface area (Å²) in [4.78, 5) is 7.58. The third kappa shape index (κ3) is 2.94. The molecule has 0 atom stereocenters. The zero-order valence-corrected chi connectivity index (χ0v) is 11.3. The first kappa shape index (κ1) is 14.0. The Balaban J connectivity index is 2.65. The van der Waals surface area contributed by atoms with Crippen molar-refractivity contribution < 1.29 is 17.6 Å². The lowest BCUT2D eigenvalue weighted by molar-refractivity contribution is -0.137. The lowest BCUT2D eigenvalue weighted by atomic mass is 10.1. The van der Waals surface area contributed by atoms with Crippen LogP contribution in [0.2, 0.25) is 0 Å². The van der Waals surface area contributed by atoms with Gasteiger partial charge in [0, 0.05) is 11.8 Å². The van der Waals surface area contributed by atoms with Gasteiger partial charge in [-0.25, -0.2) is 14.4 Å². The molecule has 0 aliphatic heterocycles. The summed E-state index contributed by atoms with van der Waals surface area (Å²) in [7, 11) is 0. The molecule has 0 fully saturated rings. The molecule has 19 heavy (non-hydrogen) atoms. The van der Waals surface area contributed by atoms with Gasteiger partial charge in [-0.15, -0.1) is 0 Å². The molecule has 100 valence electrons. The number of rotatable bonds is 1. The molecular formula is C11H6F4IN3. The van der Waals surface area contributed by atoms with Crippen LogP contribution in [0, 0.1) is 9.39 Å². The Morgan fingerprint density at radius 3 is 2.47 bits per heavy atom. The summed E-state index contributed by atoms with van der Waals surface area (Å²) < 4.78 is 52.0. The monoisotopic (exact) mass is 383 g/mol. The summed E-state index contributed by atoms with van der Waals surface area (Å²) in [5.74, 6) is -1.09. The Hall–Kier alpha value is -1.45. The predicted octanol–water partition coefficient (Wildman–Crippen LogP) is 3.49. The van der Waals surface area contributed by atoms with Gasteiger partial charge in [-0.2, -0.15) is 13.2 Å². The first-order chi connectivity index (χ1) is 8.79. The molecule has 0 spiro atoms. The van der Waals surface area contributed by atoms with Gasteiger partial charge in [0.05, 0.1) is 9.13 Å². The van der Waals surface area contributed by atoms with E-state index in [4.69, 9.17) is 5.73 Å². The van der Waals surface area contributed by atoms with Crippen molar-refractivity contribution in [1.29, 1.82) is 0 Å². The Morgan fingerprint density at radius 2 is 1.89 bits per heavy atom. The second kappa shape index (κ2) is 4.91. The van der Waals surface area contributed by atoms with E-state index in [0.29, 0.717) is 9.64 Å². The Morgan fingerprint density at radius 1 is 1.21 bits per heavy atom. The maximum absolute atomic E-state index is 13.0. The van der Waals surface area contributed by atoms with E-state index >= 15 is 0 Å². The van der Waals surface area contributed by atoms with Crippen LogP contribution in [0.15, 0.2) is 24.4 Å². The maximum atomic E-state index is 13.0. The number of hydrogen-bond donors (Lipinski definition) is 1. The minimum absolute atomic E-state index is 0.0723. The molecule has 2 rings (SSSR count). The van der Waals surface area contributed by atoms with Gasteiger partial charge < -0.3 is 5.73 Å². The highest BCUT2D eigenvalue weighted by atomic mass is 127. The number of aromatic nitrogens is 2. The number of halogens is 5. The first-order valence-corrected chi connectivity index (χ1v) is 6.02. The Kier molecular flexibility index (Phi) is 3.61. The van der Waals surface area contributed by atoms with Crippen LogP contribution in [-0.4, -0.2) is 9.97 Å². The SMILES string of the molecule is Nc1nc(-c2ccc(F)cc2C(F)(F)F)ncc1I. The van der Waals surface area contributed by atoms with E-state index in [1.165, 1.54) is 6.20 Å². The van der Waals surface area contributed by atoms with Crippen LogP contribution >= 0.6 is 22.6 Å². The van der Waals surface area contributed by atoms with Gasteiger partial charge in [0.2, 0.25) is 0 Å². The van der Waals surface area contributed by atoms with Crippen LogP contribution in [0.25, 0.3) is 11.4 Å². The van der Waals surface area contributed by atoms with Crippen molar-refractivity contribution in [1.82, 2.24) is 9.97 Å². The molecule has 3 nitrogen and oxygen atoms in total.